The van der Waals surface area contributed by atoms with E-state index in [0.29, 0.717) is 18.9 Å². The normalized spacial score (nSPS) is 16.2. The monoisotopic (exact) mass is 261 g/mol. The predicted molar refractivity (Wildman–Crippen MR) is 75.9 cm³/mol. The maximum absolute atomic E-state index is 11.5. The van der Waals surface area contributed by atoms with Crippen molar-refractivity contribution in [3.63, 3.8) is 0 Å². The van der Waals surface area contributed by atoms with E-state index in [1.807, 2.05) is 26.0 Å². The molecule has 2 N–H and O–H groups in total. The summed E-state index contributed by atoms with van der Waals surface area (Å²) >= 11 is 0. The molecule has 0 aromatic heterocycles. The molecular formula is C16H23NO2. The minimum Gasteiger partial charge on any atom is -0.388 e. The highest BCUT2D eigenvalue weighted by molar-refractivity contribution is 5.76. The van der Waals surface area contributed by atoms with Gasteiger partial charge in [0.2, 0.25) is 5.91 Å². The van der Waals surface area contributed by atoms with Gasteiger partial charge in [0.15, 0.2) is 0 Å². The van der Waals surface area contributed by atoms with E-state index in [1.165, 1.54) is 5.56 Å². The van der Waals surface area contributed by atoms with Crippen LogP contribution >= 0.6 is 0 Å². The molecule has 0 bridgehead atoms. The van der Waals surface area contributed by atoms with Crippen LogP contribution in [0.4, 0.5) is 0 Å². The molecule has 1 aliphatic rings. The van der Waals surface area contributed by atoms with Gasteiger partial charge in [-0.25, -0.2) is 0 Å². The second-order valence-electron chi connectivity index (χ2n) is 5.61. The Morgan fingerprint density at radius 1 is 1.42 bits per heavy atom. The van der Waals surface area contributed by atoms with Gasteiger partial charge in [0.05, 0.1) is 6.10 Å². The molecule has 3 nitrogen and oxygen atoms in total. The molecule has 0 spiro atoms. The number of amides is 1. The minimum absolute atomic E-state index is 0.121. The highest BCUT2D eigenvalue weighted by atomic mass is 16.3. The molecule has 1 aromatic carbocycles. The molecule has 1 aromatic rings. The number of aliphatic hydroxyl groups excluding tert-OH is 1. The predicted octanol–water partition coefficient (Wildman–Crippen LogP) is 2.79. The van der Waals surface area contributed by atoms with Crippen molar-refractivity contribution in [2.24, 2.45) is 0 Å². The Morgan fingerprint density at radius 2 is 2.16 bits per heavy atom. The van der Waals surface area contributed by atoms with Crippen molar-refractivity contribution in [1.29, 1.82) is 0 Å². The zero-order valence-electron chi connectivity index (χ0n) is 11.8. The Morgan fingerprint density at radius 3 is 2.79 bits per heavy atom. The fraction of sp³-hybridized carbons (Fsp3) is 0.562. The molecule has 1 unspecified atom stereocenters. The standard InChI is InChI=1S/C16H23NO2/c1-11-6-9-14(12(2)10-11)15(18)4-3-5-16(19)17-13-7-8-13/h6,9-10,13,15,18H,3-5,7-8H2,1-2H3,(H,17,19). The molecule has 0 heterocycles. The Kier molecular flexibility index (Phi) is 4.59. The third-order valence-electron chi connectivity index (χ3n) is 3.61. The van der Waals surface area contributed by atoms with Gasteiger partial charge in [0, 0.05) is 12.5 Å². The first kappa shape index (κ1) is 14.1. The first-order valence-electron chi connectivity index (χ1n) is 7.11. The van der Waals surface area contributed by atoms with Crippen molar-refractivity contribution in [3.05, 3.63) is 34.9 Å². The maximum Gasteiger partial charge on any atom is 0.220 e. The lowest BCUT2D eigenvalue weighted by atomic mass is 9.97. The summed E-state index contributed by atoms with van der Waals surface area (Å²) in [4.78, 5) is 11.5. The molecule has 19 heavy (non-hydrogen) atoms. The summed E-state index contributed by atoms with van der Waals surface area (Å²) in [7, 11) is 0. The van der Waals surface area contributed by atoms with Crippen LogP contribution in [0.5, 0.6) is 0 Å². The zero-order chi connectivity index (χ0) is 13.8. The fourth-order valence-corrected chi connectivity index (χ4v) is 2.34. The number of carbonyl (C=O) groups is 1. The molecule has 2 rings (SSSR count). The van der Waals surface area contributed by atoms with Crippen LogP contribution in [0, 0.1) is 13.8 Å². The highest BCUT2D eigenvalue weighted by Gasteiger charge is 2.22. The maximum atomic E-state index is 11.5. The van der Waals surface area contributed by atoms with Crippen LogP contribution in [0.2, 0.25) is 0 Å². The number of hydrogen-bond acceptors (Lipinski definition) is 2. The summed E-state index contributed by atoms with van der Waals surface area (Å²) in [5.41, 5.74) is 3.31. The topological polar surface area (TPSA) is 49.3 Å². The second kappa shape index (κ2) is 6.20. The molecule has 0 saturated heterocycles. The number of nitrogens with one attached hydrogen (secondary N) is 1. The van der Waals surface area contributed by atoms with E-state index >= 15 is 0 Å². The van der Waals surface area contributed by atoms with E-state index in [1.54, 1.807) is 0 Å². The summed E-state index contributed by atoms with van der Waals surface area (Å²) in [5.74, 6) is 0.121. The van der Waals surface area contributed by atoms with Gasteiger partial charge in [-0.2, -0.15) is 0 Å². The van der Waals surface area contributed by atoms with Crippen LogP contribution in [0.25, 0.3) is 0 Å². The third kappa shape index (κ3) is 4.35. The lowest BCUT2D eigenvalue weighted by Gasteiger charge is -2.14. The molecule has 1 fully saturated rings. The van der Waals surface area contributed by atoms with Crippen LogP contribution in [-0.4, -0.2) is 17.1 Å². The van der Waals surface area contributed by atoms with Gasteiger partial charge < -0.3 is 10.4 Å². The summed E-state index contributed by atoms with van der Waals surface area (Å²) in [5, 5.41) is 13.1. The Balaban J connectivity index is 1.76. The first-order valence-corrected chi connectivity index (χ1v) is 7.11. The van der Waals surface area contributed by atoms with E-state index in [0.717, 1.165) is 30.4 Å². The van der Waals surface area contributed by atoms with Crippen LogP contribution in [0.1, 0.15) is 54.9 Å². The minimum atomic E-state index is -0.464. The number of aryl methyl sites for hydroxylation is 2. The number of rotatable bonds is 6. The van der Waals surface area contributed by atoms with Gasteiger partial charge in [-0.1, -0.05) is 23.8 Å². The summed E-state index contributed by atoms with van der Waals surface area (Å²) in [6, 6.07) is 6.51. The summed E-state index contributed by atoms with van der Waals surface area (Å²) in [6.07, 6.45) is 3.66. The largest absolute Gasteiger partial charge is 0.388 e. The van der Waals surface area contributed by atoms with Crippen LogP contribution in [0.15, 0.2) is 18.2 Å². The van der Waals surface area contributed by atoms with Crippen molar-refractivity contribution in [2.45, 2.75) is 58.1 Å². The third-order valence-corrected chi connectivity index (χ3v) is 3.61. The van der Waals surface area contributed by atoms with Gasteiger partial charge in [-0.15, -0.1) is 0 Å². The molecule has 104 valence electrons. The van der Waals surface area contributed by atoms with Crippen molar-refractivity contribution < 1.29 is 9.90 Å². The number of hydrogen-bond donors (Lipinski definition) is 2. The van der Waals surface area contributed by atoms with E-state index in [-0.39, 0.29) is 5.91 Å². The quantitative estimate of drug-likeness (QED) is 0.827. The van der Waals surface area contributed by atoms with Crippen molar-refractivity contribution in [1.82, 2.24) is 5.32 Å². The average molecular weight is 261 g/mol. The van der Waals surface area contributed by atoms with Crippen LogP contribution < -0.4 is 5.32 Å². The Hall–Kier alpha value is -1.35. The number of carbonyl (C=O) groups excluding carboxylic acids is 1. The number of aliphatic hydroxyl groups is 1. The van der Waals surface area contributed by atoms with Gasteiger partial charge in [0.25, 0.3) is 0 Å². The molecule has 3 heteroatoms. The molecule has 1 saturated carbocycles. The number of benzene rings is 1. The van der Waals surface area contributed by atoms with Gasteiger partial charge >= 0.3 is 0 Å². The van der Waals surface area contributed by atoms with Gasteiger partial charge in [-0.3, -0.25) is 4.79 Å². The van der Waals surface area contributed by atoms with Crippen molar-refractivity contribution in [2.75, 3.05) is 0 Å². The zero-order valence-corrected chi connectivity index (χ0v) is 11.8. The molecule has 1 aliphatic carbocycles. The van der Waals surface area contributed by atoms with Gasteiger partial charge in [0.1, 0.15) is 0 Å². The molecule has 0 aliphatic heterocycles. The average Bonchev–Trinajstić information content (AvgIpc) is 3.12. The molecule has 1 atom stereocenters. The van der Waals surface area contributed by atoms with E-state index in [4.69, 9.17) is 0 Å². The lowest BCUT2D eigenvalue weighted by Crippen LogP contribution is -2.25. The molecule has 1 amide bonds. The molecule has 0 radical (unpaired) electrons. The molecular weight excluding hydrogens is 238 g/mol. The Bertz CT molecular complexity index is 452. The van der Waals surface area contributed by atoms with E-state index < -0.39 is 6.10 Å². The van der Waals surface area contributed by atoms with E-state index in [2.05, 4.69) is 11.4 Å². The Labute approximate surface area is 115 Å². The van der Waals surface area contributed by atoms with E-state index in [9.17, 15) is 9.90 Å². The second-order valence-corrected chi connectivity index (χ2v) is 5.61. The van der Waals surface area contributed by atoms with Crippen LogP contribution in [-0.2, 0) is 4.79 Å². The fourth-order valence-electron chi connectivity index (χ4n) is 2.34. The van der Waals surface area contributed by atoms with Crippen LogP contribution in [0.3, 0.4) is 0 Å². The summed E-state index contributed by atoms with van der Waals surface area (Å²) < 4.78 is 0. The van der Waals surface area contributed by atoms with Crippen molar-refractivity contribution >= 4 is 5.91 Å². The van der Waals surface area contributed by atoms with Crippen molar-refractivity contribution in [3.8, 4) is 0 Å². The first-order chi connectivity index (χ1) is 9.06. The lowest BCUT2D eigenvalue weighted by molar-refractivity contribution is -0.121. The SMILES string of the molecule is Cc1ccc(C(O)CCCC(=O)NC2CC2)c(C)c1. The van der Waals surface area contributed by atoms with Gasteiger partial charge in [-0.05, 0) is 50.7 Å². The highest BCUT2D eigenvalue weighted by Crippen LogP contribution is 2.24. The summed E-state index contributed by atoms with van der Waals surface area (Å²) in [6.45, 7) is 4.07. The smallest absolute Gasteiger partial charge is 0.220 e.